The lowest BCUT2D eigenvalue weighted by atomic mass is 10.2. The van der Waals surface area contributed by atoms with Crippen LogP contribution in [0, 0.1) is 0 Å². The predicted molar refractivity (Wildman–Crippen MR) is 133 cm³/mol. The zero-order chi connectivity index (χ0) is 22.8. The van der Waals surface area contributed by atoms with Gasteiger partial charge in [-0.3, -0.25) is 4.79 Å². The lowest BCUT2D eigenvalue weighted by Crippen LogP contribution is -2.22. The maximum atomic E-state index is 13.4. The van der Waals surface area contributed by atoms with E-state index in [-0.39, 0.29) is 5.56 Å². The minimum absolute atomic E-state index is 0.200. The number of para-hydroxylation sites is 1. The summed E-state index contributed by atoms with van der Waals surface area (Å²) in [6.45, 7) is 0. The molecule has 0 saturated heterocycles. The lowest BCUT2D eigenvalue weighted by Gasteiger charge is -2.08. The molecule has 0 aliphatic heterocycles. The monoisotopic (exact) mass is 472 g/mol. The quantitative estimate of drug-likeness (QED) is 0.326. The van der Waals surface area contributed by atoms with E-state index in [1.165, 1.54) is 15.9 Å². The molecule has 162 valence electrons. The molecular weight excluding hydrogens is 456 g/mol. The summed E-state index contributed by atoms with van der Waals surface area (Å²) in [6.07, 6.45) is 3.68. The van der Waals surface area contributed by atoms with Crippen LogP contribution in [0.3, 0.4) is 0 Å². The van der Waals surface area contributed by atoms with Crippen molar-refractivity contribution >= 4 is 46.0 Å². The number of halogens is 1. The first-order valence-electron chi connectivity index (χ1n) is 10.1. The van der Waals surface area contributed by atoms with Crippen molar-refractivity contribution < 1.29 is 4.74 Å². The fourth-order valence-electron chi connectivity index (χ4n) is 3.35. The molecule has 33 heavy (non-hydrogen) atoms. The molecule has 0 amide bonds. The average molecular weight is 473 g/mol. The van der Waals surface area contributed by atoms with E-state index >= 15 is 0 Å². The number of rotatable bonds is 5. The molecule has 2 heterocycles. The predicted octanol–water partition coefficient (Wildman–Crippen LogP) is 5.74. The Labute approximate surface area is 198 Å². The highest BCUT2D eigenvalue weighted by Crippen LogP contribution is 2.27. The van der Waals surface area contributed by atoms with Gasteiger partial charge in [-0.05, 0) is 60.2 Å². The van der Waals surface area contributed by atoms with Crippen LogP contribution < -0.4 is 10.3 Å². The van der Waals surface area contributed by atoms with E-state index in [0.29, 0.717) is 31.9 Å². The van der Waals surface area contributed by atoms with Gasteiger partial charge in [-0.2, -0.15) is 0 Å². The second-order valence-electron chi connectivity index (χ2n) is 7.13. The number of hydrogen-bond donors (Lipinski definition) is 0. The van der Waals surface area contributed by atoms with E-state index in [1.54, 1.807) is 19.3 Å². The Morgan fingerprint density at radius 1 is 0.939 bits per heavy atom. The third kappa shape index (κ3) is 4.28. The van der Waals surface area contributed by atoms with E-state index in [9.17, 15) is 4.79 Å². The van der Waals surface area contributed by atoms with Gasteiger partial charge in [0.1, 0.15) is 16.6 Å². The van der Waals surface area contributed by atoms with Crippen LogP contribution in [0.2, 0.25) is 5.02 Å². The first-order valence-corrected chi connectivity index (χ1v) is 11.3. The van der Waals surface area contributed by atoms with Crippen molar-refractivity contribution in [3.8, 4) is 21.5 Å². The Morgan fingerprint density at radius 3 is 2.45 bits per heavy atom. The van der Waals surface area contributed by atoms with Crippen LogP contribution >= 0.6 is 22.9 Å². The summed E-state index contributed by atoms with van der Waals surface area (Å²) < 4.78 is 6.72. The summed E-state index contributed by atoms with van der Waals surface area (Å²) in [5.41, 5.74) is 2.24. The first kappa shape index (κ1) is 21.1. The number of ether oxygens (including phenoxy) is 1. The maximum Gasteiger partial charge on any atom is 0.268 e. The molecule has 0 atom stereocenters. The molecule has 2 aromatic heterocycles. The van der Waals surface area contributed by atoms with Crippen LogP contribution in [0.1, 0.15) is 11.4 Å². The fourth-order valence-corrected chi connectivity index (χ4v) is 4.33. The summed E-state index contributed by atoms with van der Waals surface area (Å²) in [4.78, 5) is 18.2. The summed E-state index contributed by atoms with van der Waals surface area (Å²) >= 11 is 7.31. The molecule has 5 rings (SSSR count). The molecule has 0 radical (unpaired) electrons. The van der Waals surface area contributed by atoms with Crippen LogP contribution in [0.5, 0.6) is 5.75 Å². The smallest absolute Gasteiger partial charge is 0.268 e. The van der Waals surface area contributed by atoms with Crippen LogP contribution in [-0.2, 0) is 0 Å². The largest absolute Gasteiger partial charge is 0.497 e. The minimum Gasteiger partial charge on any atom is -0.497 e. The molecule has 0 unspecified atom stereocenters. The Balaban J connectivity index is 1.62. The molecule has 6 nitrogen and oxygen atoms in total. The van der Waals surface area contributed by atoms with Crippen molar-refractivity contribution in [2.75, 3.05) is 7.11 Å². The standard InChI is InChI=1S/C25H17ClN4O2S/c1-32-19-13-9-17(10-14-19)23-28-29-25(33-23)30-22(15-8-16-6-11-18(26)12-7-16)27-21-5-3-2-4-20(21)24(30)31/h2-15H,1H3/b15-8+. The second kappa shape index (κ2) is 8.97. The van der Waals surface area contributed by atoms with E-state index in [2.05, 4.69) is 10.2 Å². The second-order valence-corrected chi connectivity index (χ2v) is 8.52. The summed E-state index contributed by atoms with van der Waals surface area (Å²) in [7, 11) is 1.62. The van der Waals surface area contributed by atoms with E-state index in [0.717, 1.165) is 16.9 Å². The zero-order valence-electron chi connectivity index (χ0n) is 17.5. The molecule has 0 N–H and O–H groups in total. The number of fused-ring (bicyclic) bond motifs is 1. The Hall–Kier alpha value is -3.81. The molecule has 0 aliphatic carbocycles. The topological polar surface area (TPSA) is 69.9 Å². The van der Waals surface area contributed by atoms with Gasteiger partial charge in [0.2, 0.25) is 5.13 Å². The lowest BCUT2D eigenvalue weighted by molar-refractivity contribution is 0.415. The minimum atomic E-state index is -0.200. The summed E-state index contributed by atoms with van der Waals surface area (Å²) in [6, 6.07) is 22.2. The molecule has 0 saturated carbocycles. The molecule has 5 aromatic rings. The van der Waals surface area contributed by atoms with Crippen LogP contribution in [0.4, 0.5) is 0 Å². The van der Waals surface area contributed by atoms with Crippen molar-refractivity contribution in [1.82, 2.24) is 19.7 Å². The molecular formula is C25H17ClN4O2S. The van der Waals surface area contributed by atoms with Gasteiger partial charge in [0, 0.05) is 10.6 Å². The molecule has 3 aromatic carbocycles. The molecule has 0 fully saturated rings. The van der Waals surface area contributed by atoms with Crippen LogP contribution in [0.25, 0.3) is 38.8 Å². The van der Waals surface area contributed by atoms with Crippen molar-refractivity contribution in [2.45, 2.75) is 0 Å². The number of benzene rings is 3. The van der Waals surface area contributed by atoms with Crippen molar-refractivity contribution in [2.24, 2.45) is 0 Å². The van der Waals surface area contributed by atoms with Crippen molar-refractivity contribution in [1.29, 1.82) is 0 Å². The summed E-state index contributed by atoms with van der Waals surface area (Å²) in [5.74, 6) is 1.22. The number of nitrogens with zero attached hydrogens (tertiary/aromatic N) is 4. The molecule has 0 aliphatic rings. The van der Waals surface area contributed by atoms with Gasteiger partial charge in [0.05, 0.1) is 18.0 Å². The van der Waals surface area contributed by atoms with Gasteiger partial charge in [0.15, 0.2) is 0 Å². The fraction of sp³-hybridized carbons (Fsp3) is 0.0400. The normalized spacial score (nSPS) is 11.3. The summed E-state index contributed by atoms with van der Waals surface area (Å²) in [5, 5.41) is 10.9. The van der Waals surface area contributed by atoms with E-state index < -0.39 is 0 Å². The highest BCUT2D eigenvalue weighted by molar-refractivity contribution is 7.17. The highest BCUT2D eigenvalue weighted by Gasteiger charge is 2.16. The van der Waals surface area contributed by atoms with Gasteiger partial charge in [0.25, 0.3) is 5.56 Å². The Kier molecular flexibility index (Phi) is 5.73. The third-order valence-corrected chi connectivity index (χ3v) is 6.25. The van der Waals surface area contributed by atoms with E-state index in [4.69, 9.17) is 21.3 Å². The van der Waals surface area contributed by atoms with Crippen molar-refractivity contribution in [3.05, 3.63) is 99.6 Å². The highest BCUT2D eigenvalue weighted by atomic mass is 35.5. The van der Waals surface area contributed by atoms with Gasteiger partial charge in [-0.1, -0.05) is 53.3 Å². The maximum absolute atomic E-state index is 13.4. The van der Waals surface area contributed by atoms with Crippen LogP contribution in [0.15, 0.2) is 77.6 Å². The Bertz CT molecular complexity index is 1520. The zero-order valence-corrected chi connectivity index (χ0v) is 19.0. The molecule has 0 bridgehead atoms. The Morgan fingerprint density at radius 2 is 1.70 bits per heavy atom. The third-order valence-electron chi connectivity index (χ3n) is 5.04. The number of methoxy groups -OCH3 is 1. The van der Waals surface area contributed by atoms with Gasteiger partial charge in [-0.25, -0.2) is 9.55 Å². The van der Waals surface area contributed by atoms with Gasteiger partial charge in [-0.15, -0.1) is 10.2 Å². The number of hydrogen-bond acceptors (Lipinski definition) is 6. The van der Waals surface area contributed by atoms with Gasteiger partial charge >= 0.3 is 0 Å². The molecule has 8 heteroatoms. The van der Waals surface area contributed by atoms with Crippen molar-refractivity contribution in [3.63, 3.8) is 0 Å². The average Bonchev–Trinajstić information content (AvgIpc) is 3.33. The van der Waals surface area contributed by atoms with E-state index in [1.807, 2.05) is 72.8 Å². The number of aromatic nitrogens is 4. The SMILES string of the molecule is COc1ccc(-c2nnc(-n3c(/C=C/c4ccc(Cl)cc4)nc4ccccc4c3=O)s2)cc1. The first-order chi connectivity index (χ1) is 16.1. The molecule has 0 spiro atoms. The van der Waals surface area contributed by atoms with Gasteiger partial charge < -0.3 is 4.74 Å². The van der Waals surface area contributed by atoms with Crippen LogP contribution in [-0.4, -0.2) is 26.9 Å².